The molecular formula is C56H32N6. The van der Waals surface area contributed by atoms with E-state index in [-0.39, 0.29) is 5.56 Å². The average molecular weight is 789 g/mol. The minimum atomic E-state index is 0.273. The van der Waals surface area contributed by atoms with Crippen LogP contribution in [0.2, 0.25) is 0 Å². The van der Waals surface area contributed by atoms with Gasteiger partial charge in [0.1, 0.15) is 12.1 Å². The van der Waals surface area contributed by atoms with Gasteiger partial charge >= 0.3 is 0 Å². The van der Waals surface area contributed by atoms with Crippen LogP contribution in [0.15, 0.2) is 194 Å². The van der Waals surface area contributed by atoms with Crippen LogP contribution in [0.5, 0.6) is 0 Å². The van der Waals surface area contributed by atoms with Crippen molar-refractivity contribution >= 4 is 43.6 Å². The monoisotopic (exact) mass is 788 g/mol. The van der Waals surface area contributed by atoms with Crippen molar-refractivity contribution in [1.82, 2.24) is 14.1 Å². The molecule has 0 N–H and O–H groups in total. The SMILES string of the molecule is N#Cc1cc(-c2nc(-c3ccccc3)c(C#N)c(-c3ccccc3)c2C#N)ccc1-c1cccc2c3cc4c5ccccc5n(-c5ccccc5)c4cc3n(-c3ccccc3)c12. The molecule has 286 valence electrons. The Morgan fingerprint density at radius 1 is 0.371 bits per heavy atom. The van der Waals surface area contributed by atoms with Crippen LogP contribution in [0.1, 0.15) is 16.7 Å². The molecule has 0 spiro atoms. The molecule has 0 atom stereocenters. The Morgan fingerprint density at radius 2 is 0.919 bits per heavy atom. The van der Waals surface area contributed by atoms with Gasteiger partial charge in [0.05, 0.1) is 56.2 Å². The third-order valence-electron chi connectivity index (χ3n) is 11.8. The molecule has 0 aliphatic carbocycles. The smallest absolute Gasteiger partial charge is 0.102 e. The molecule has 8 aromatic carbocycles. The second-order valence-electron chi connectivity index (χ2n) is 15.2. The molecule has 6 nitrogen and oxygen atoms in total. The molecule has 62 heavy (non-hydrogen) atoms. The van der Waals surface area contributed by atoms with Gasteiger partial charge in [0.15, 0.2) is 0 Å². The van der Waals surface area contributed by atoms with Gasteiger partial charge in [0.25, 0.3) is 0 Å². The summed E-state index contributed by atoms with van der Waals surface area (Å²) in [6.07, 6.45) is 0. The fraction of sp³-hybridized carbons (Fsp3) is 0. The number of benzene rings is 8. The van der Waals surface area contributed by atoms with E-state index in [0.29, 0.717) is 33.6 Å². The second-order valence-corrected chi connectivity index (χ2v) is 15.2. The zero-order chi connectivity index (χ0) is 41.7. The highest BCUT2D eigenvalue weighted by molar-refractivity contribution is 6.21. The van der Waals surface area contributed by atoms with Crippen molar-refractivity contribution in [2.45, 2.75) is 0 Å². The predicted molar refractivity (Wildman–Crippen MR) is 249 cm³/mol. The molecule has 0 bridgehead atoms. The van der Waals surface area contributed by atoms with E-state index in [0.717, 1.165) is 71.9 Å². The summed E-state index contributed by atoms with van der Waals surface area (Å²) in [5.74, 6) is 0. The predicted octanol–water partition coefficient (Wildman–Crippen LogP) is 13.6. The van der Waals surface area contributed by atoms with Crippen molar-refractivity contribution in [3.8, 4) is 74.4 Å². The van der Waals surface area contributed by atoms with E-state index < -0.39 is 0 Å². The summed E-state index contributed by atoms with van der Waals surface area (Å²) in [5.41, 5.74) is 12.5. The maximum absolute atomic E-state index is 11.0. The normalized spacial score (nSPS) is 11.2. The van der Waals surface area contributed by atoms with Gasteiger partial charge in [0, 0.05) is 60.7 Å². The molecule has 0 unspecified atom stereocenters. The molecule has 0 fully saturated rings. The summed E-state index contributed by atoms with van der Waals surface area (Å²) < 4.78 is 4.65. The lowest BCUT2D eigenvalue weighted by Crippen LogP contribution is -2.02. The van der Waals surface area contributed by atoms with Gasteiger partial charge in [-0.1, -0.05) is 146 Å². The summed E-state index contributed by atoms with van der Waals surface area (Å²) in [6, 6.07) is 72.4. The molecule has 0 amide bonds. The number of nitrogens with zero attached hydrogens (tertiary/aromatic N) is 6. The molecular weight excluding hydrogens is 757 g/mol. The van der Waals surface area contributed by atoms with E-state index in [1.54, 1.807) is 0 Å². The lowest BCUT2D eigenvalue weighted by Gasteiger charge is -2.17. The molecule has 0 saturated heterocycles. The number of fused-ring (bicyclic) bond motifs is 6. The van der Waals surface area contributed by atoms with Crippen LogP contribution < -0.4 is 0 Å². The van der Waals surface area contributed by atoms with Gasteiger partial charge in [-0.2, -0.15) is 15.8 Å². The first kappa shape index (κ1) is 36.1. The number of hydrogen-bond donors (Lipinski definition) is 0. The number of rotatable bonds is 6. The summed E-state index contributed by atoms with van der Waals surface area (Å²) in [5, 5.41) is 36.9. The Labute approximate surface area is 357 Å². The van der Waals surface area contributed by atoms with Gasteiger partial charge in [-0.3, -0.25) is 0 Å². The number of hydrogen-bond acceptors (Lipinski definition) is 4. The number of nitriles is 3. The lowest BCUT2D eigenvalue weighted by molar-refractivity contribution is 1.16. The van der Waals surface area contributed by atoms with Gasteiger partial charge in [0.2, 0.25) is 0 Å². The molecule has 0 aliphatic rings. The molecule has 0 saturated carbocycles. The third-order valence-corrected chi connectivity index (χ3v) is 11.8. The minimum Gasteiger partial charge on any atom is -0.309 e. The van der Waals surface area contributed by atoms with Crippen LogP contribution in [0.3, 0.4) is 0 Å². The summed E-state index contributed by atoms with van der Waals surface area (Å²) in [6.45, 7) is 0. The standard InChI is InChI=1S/C56H32N6/c57-33-39-30-38(55-49(35-59)53(36-16-5-1-6-17-36)48(34-58)54(60-55)37-18-7-2-8-19-37)28-29-42(39)44-25-15-26-45-47-31-46-43-24-13-14-27-50(43)61(40-20-9-3-10-21-40)51(46)32-52(47)62(56(44)45)41-22-11-4-12-23-41/h1-32H. The highest BCUT2D eigenvalue weighted by Gasteiger charge is 2.25. The fourth-order valence-corrected chi connectivity index (χ4v) is 9.17. The molecule has 0 radical (unpaired) electrons. The van der Waals surface area contributed by atoms with Gasteiger partial charge in [-0.05, 0) is 54.1 Å². The Kier molecular flexibility index (Phi) is 8.54. The second kappa shape index (κ2) is 14.7. The summed E-state index contributed by atoms with van der Waals surface area (Å²) in [7, 11) is 0. The van der Waals surface area contributed by atoms with Crippen LogP contribution >= 0.6 is 0 Å². The Hall–Kier alpha value is -9.02. The molecule has 11 rings (SSSR count). The number of aromatic nitrogens is 3. The lowest BCUT2D eigenvalue weighted by atomic mass is 9.88. The maximum atomic E-state index is 11.0. The van der Waals surface area contributed by atoms with Crippen LogP contribution in [0.4, 0.5) is 0 Å². The average Bonchev–Trinajstić information content (AvgIpc) is 3.85. The number of para-hydroxylation sites is 4. The quantitative estimate of drug-likeness (QED) is 0.168. The highest BCUT2D eigenvalue weighted by atomic mass is 15.0. The van der Waals surface area contributed by atoms with Crippen molar-refractivity contribution in [1.29, 1.82) is 15.8 Å². The van der Waals surface area contributed by atoms with Crippen LogP contribution in [0.25, 0.3) is 99.8 Å². The van der Waals surface area contributed by atoms with Crippen molar-refractivity contribution in [2.24, 2.45) is 0 Å². The van der Waals surface area contributed by atoms with Gasteiger partial charge in [-0.15, -0.1) is 0 Å². The summed E-state index contributed by atoms with van der Waals surface area (Å²) in [4.78, 5) is 5.06. The van der Waals surface area contributed by atoms with E-state index in [2.05, 4.69) is 130 Å². The largest absolute Gasteiger partial charge is 0.309 e. The first-order valence-electron chi connectivity index (χ1n) is 20.3. The maximum Gasteiger partial charge on any atom is 0.102 e. The highest BCUT2D eigenvalue weighted by Crippen LogP contribution is 2.44. The first-order chi connectivity index (χ1) is 30.7. The summed E-state index contributed by atoms with van der Waals surface area (Å²) >= 11 is 0. The van der Waals surface area contributed by atoms with Gasteiger partial charge < -0.3 is 9.13 Å². The molecule has 3 heterocycles. The first-order valence-corrected chi connectivity index (χ1v) is 20.3. The number of pyridine rings is 1. The molecule has 3 aromatic heterocycles. The van der Waals surface area contributed by atoms with E-state index in [4.69, 9.17) is 4.98 Å². The Bertz CT molecular complexity index is 3690. The van der Waals surface area contributed by atoms with E-state index in [9.17, 15) is 15.8 Å². The van der Waals surface area contributed by atoms with Crippen LogP contribution in [0, 0.1) is 34.0 Å². The minimum absolute atomic E-state index is 0.273. The molecule has 0 aliphatic heterocycles. The van der Waals surface area contributed by atoms with Crippen LogP contribution in [-0.2, 0) is 0 Å². The molecule has 6 heteroatoms. The van der Waals surface area contributed by atoms with E-state index >= 15 is 0 Å². The van der Waals surface area contributed by atoms with Crippen LogP contribution in [-0.4, -0.2) is 14.1 Å². The van der Waals surface area contributed by atoms with Crippen molar-refractivity contribution in [2.75, 3.05) is 0 Å². The van der Waals surface area contributed by atoms with Gasteiger partial charge in [-0.25, -0.2) is 4.98 Å². The fourth-order valence-electron chi connectivity index (χ4n) is 9.17. The van der Waals surface area contributed by atoms with Crippen molar-refractivity contribution in [3.05, 3.63) is 211 Å². The van der Waals surface area contributed by atoms with E-state index in [1.165, 1.54) is 5.39 Å². The zero-order valence-electron chi connectivity index (χ0n) is 33.2. The van der Waals surface area contributed by atoms with Crippen molar-refractivity contribution in [3.63, 3.8) is 0 Å². The Balaban J connectivity index is 1.18. The zero-order valence-corrected chi connectivity index (χ0v) is 33.2. The Morgan fingerprint density at radius 3 is 1.58 bits per heavy atom. The molecule has 11 aromatic rings. The van der Waals surface area contributed by atoms with Crippen molar-refractivity contribution < 1.29 is 0 Å². The van der Waals surface area contributed by atoms with E-state index in [1.807, 2.05) is 91.0 Å². The third kappa shape index (κ3) is 5.59. The topological polar surface area (TPSA) is 94.1 Å².